The Bertz CT molecular complexity index is 416. The Labute approximate surface area is 133 Å². The van der Waals surface area contributed by atoms with Crippen LogP contribution in [-0.4, -0.2) is 33.7 Å². The van der Waals surface area contributed by atoms with E-state index in [0.717, 1.165) is 32.8 Å². The summed E-state index contributed by atoms with van der Waals surface area (Å²) >= 11 is 0. The molecular formula is C15H28O6S. The van der Waals surface area contributed by atoms with Gasteiger partial charge in [-0.25, -0.2) is 4.18 Å². The predicted octanol–water partition coefficient (Wildman–Crippen LogP) is 2.95. The molecule has 0 N–H and O–H groups in total. The van der Waals surface area contributed by atoms with Crippen LogP contribution in [0.2, 0.25) is 0 Å². The highest BCUT2D eigenvalue weighted by Gasteiger charge is 2.13. The van der Waals surface area contributed by atoms with E-state index in [0.29, 0.717) is 25.7 Å². The molecule has 0 aromatic heterocycles. The Kier molecular flexibility index (Phi) is 12.3. The van der Waals surface area contributed by atoms with E-state index in [2.05, 4.69) is 15.3 Å². The average molecular weight is 336 g/mol. The number of hydrogen-bond acceptors (Lipinski definition) is 6. The second-order valence-electron chi connectivity index (χ2n) is 5.22. The van der Waals surface area contributed by atoms with E-state index in [4.69, 9.17) is 0 Å². The molecule has 0 aliphatic rings. The van der Waals surface area contributed by atoms with E-state index in [9.17, 15) is 18.0 Å². The zero-order valence-corrected chi connectivity index (χ0v) is 14.5. The normalized spacial score (nSPS) is 11.5. The van der Waals surface area contributed by atoms with Crippen LogP contribution >= 0.6 is 0 Å². The highest BCUT2D eigenvalue weighted by atomic mass is 32.3. The van der Waals surface area contributed by atoms with Crippen molar-refractivity contribution in [2.45, 2.75) is 71.1 Å². The van der Waals surface area contributed by atoms with Gasteiger partial charge < -0.3 is 0 Å². The largest absolute Gasteiger partial charge is 0.399 e. The highest BCUT2D eigenvalue weighted by molar-refractivity contribution is 7.81. The second kappa shape index (κ2) is 12.7. The molecule has 0 atom stereocenters. The molecule has 0 saturated heterocycles. The van der Waals surface area contributed by atoms with Crippen LogP contribution in [0, 0.1) is 0 Å². The summed E-state index contributed by atoms with van der Waals surface area (Å²) in [7, 11) is -2.84. The number of carbonyl (C=O) groups is 2. The van der Waals surface area contributed by atoms with Crippen molar-refractivity contribution < 1.29 is 26.4 Å². The molecule has 0 heterocycles. The highest BCUT2D eigenvalue weighted by Crippen LogP contribution is 2.08. The van der Waals surface area contributed by atoms with Gasteiger partial charge in [0.25, 0.3) is 0 Å². The van der Waals surface area contributed by atoms with Gasteiger partial charge in [-0.2, -0.15) is 8.42 Å². The molecule has 0 unspecified atom stereocenters. The van der Waals surface area contributed by atoms with Crippen LogP contribution in [0.3, 0.4) is 0 Å². The lowest BCUT2D eigenvalue weighted by Crippen LogP contribution is -2.13. The van der Waals surface area contributed by atoms with E-state index in [-0.39, 0.29) is 24.6 Å². The lowest BCUT2D eigenvalue weighted by atomic mass is 10.0. The molecule has 22 heavy (non-hydrogen) atoms. The molecule has 0 aromatic carbocycles. The van der Waals surface area contributed by atoms with Gasteiger partial charge in [0.05, 0.1) is 13.7 Å². The van der Waals surface area contributed by atoms with Gasteiger partial charge in [0.15, 0.2) is 11.6 Å². The summed E-state index contributed by atoms with van der Waals surface area (Å²) in [5.41, 5.74) is 0. The summed E-state index contributed by atoms with van der Waals surface area (Å²) in [5.74, 6) is -0.601. The lowest BCUT2D eigenvalue weighted by molar-refractivity contribution is -0.136. The van der Waals surface area contributed by atoms with Crippen molar-refractivity contribution in [1.82, 2.24) is 0 Å². The zero-order chi connectivity index (χ0) is 16.8. The first-order chi connectivity index (χ1) is 10.4. The molecule has 0 radical (unpaired) electrons. The minimum absolute atomic E-state index is 0.0236. The average Bonchev–Trinajstić information content (AvgIpc) is 2.50. The number of rotatable bonds is 15. The Morgan fingerprint density at radius 2 is 1.32 bits per heavy atom. The minimum Gasteiger partial charge on any atom is -0.291 e. The number of hydrogen-bond donors (Lipinski definition) is 0. The molecule has 6 nitrogen and oxygen atoms in total. The minimum atomic E-state index is -3.87. The first-order valence-corrected chi connectivity index (χ1v) is 9.27. The monoisotopic (exact) mass is 336 g/mol. The van der Waals surface area contributed by atoms with Crippen LogP contribution < -0.4 is 0 Å². The molecule has 130 valence electrons. The summed E-state index contributed by atoms with van der Waals surface area (Å²) < 4.78 is 30.3. The first-order valence-electron chi connectivity index (χ1n) is 7.94. The van der Waals surface area contributed by atoms with E-state index in [1.165, 1.54) is 6.42 Å². The van der Waals surface area contributed by atoms with Crippen molar-refractivity contribution in [3.05, 3.63) is 0 Å². The zero-order valence-electron chi connectivity index (χ0n) is 13.6. The predicted molar refractivity (Wildman–Crippen MR) is 83.7 cm³/mol. The van der Waals surface area contributed by atoms with Crippen LogP contribution in [0.15, 0.2) is 0 Å². The summed E-state index contributed by atoms with van der Waals surface area (Å²) in [6.07, 6.45) is 7.49. The van der Waals surface area contributed by atoms with Crippen molar-refractivity contribution in [2.75, 3.05) is 13.7 Å². The van der Waals surface area contributed by atoms with Gasteiger partial charge in [-0.15, -0.1) is 0 Å². The fourth-order valence-corrected chi connectivity index (χ4v) is 2.36. The third-order valence-electron chi connectivity index (χ3n) is 3.30. The number of unbranched alkanes of at least 4 members (excludes halogenated alkanes) is 6. The van der Waals surface area contributed by atoms with Crippen molar-refractivity contribution in [1.29, 1.82) is 0 Å². The summed E-state index contributed by atoms with van der Waals surface area (Å²) in [6.45, 7) is 2.15. The molecule has 0 fully saturated rings. The Morgan fingerprint density at radius 3 is 1.82 bits per heavy atom. The van der Waals surface area contributed by atoms with Crippen molar-refractivity contribution in [3.63, 3.8) is 0 Å². The molecule has 0 amide bonds. The van der Waals surface area contributed by atoms with Crippen LogP contribution in [0.25, 0.3) is 0 Å². The third kappa shape index (κ3) is 11.8. The number of Topliss-reactive ketones (excluding diaryl/α,β-unsaturated/α-hetero) is 2. The molecular weight excluding hydrogens is 308 g/mol. The Balaban J connectivity index is 3.58. The quantitative estimate of drug-likeness (QED) is 0.337. The van der Waals surface area contributed by atoms with E-state index >= 15 is 0 Å². The van der Waals surface area contributed by atoms with E-state index in [1.807, 2.05) is 0 Å². The molecule has 7 heteroatoms. The Morgan fingerprint density at radius 1 is 0.818 bits per heavy atom. The second-order valence-corrected chi connectivity index (χ2v) is 6.60. The summed E-state index contributed by atoms with van der Waals surface area (Å²) in [6, 6.07) is 0. The topological polar surface area (TPSA) is 86.7 Å². The van der Waals surface area contributed by atoms with Crippen LogP contribution in [0.5, 0.6) is 0 Å². The third-order valence-corrected chi connectivity index (χ3v) is 4.16. The summed E-state index contributed by atoms with van der Waals surface area (Å²) in [4.78, 5) is 23.2. The SMILES string of the molecule is CCCCCCCC(=O)C(=O)CCCCCOS(=O)(=O)OC. The van der Waals surface area contributed by atoms with Crippen LogP contribution in [0.1, 0.15) is 71.1 Å². The van der Waals surface area contributed by atoms with Gasteiger partial charge in [-0.1, -0.05) is 39.0 Å². The van der Waals surface area contributed by atoms with Crippen LogP contribution in [0.4, 0.5) is 0 Å². The van der Waals surface area contributed by atoms with Gasteiger partial charge in [0, 0.05) is 12.8 Å². The summed E-state index contributed by atoms with van der Waals surface area (Å²) in [5, 5.41) is 0. The van der Waals surface area contributed by atoms with Crippen LogP contribution in [-0.2, 0) is 28.4 Å². The van der Waals surface area contributed by atoms with Gasteiger partial charge in [-0.3, -0.25) is 13.8 Å². The maximum Gasteiger partial charge on any atom is 0.399 e. The standard InChI is InChI=1S/C15H28O6S/c1-3-4-5-6-8-11-14(16)15(17)12-9-7-10-13-21-22(18,19)20-2/h3-13H2,1-2H3. The Hall–Kier alpha value is -0.790. The van der Waals surface area contributed by atoms with Gasteiger partial charge in [-0.05, 0) is 19.3 Å². The molecule has 0 aliphatic carbocycles. The molecule has 0 rings (SSSR count). The maximum atomic E-state index is 11.6. The van der Waals surface area contributed by atoms with E-state index < -0.39 is 10.4 Å². The molecule has 0 saturated carbocycles. The number of carbonyl (C=O) groups excluding carboxylic acids is 2. The van der Waals surface area contributed by atoms with E-state index in [1.54, 1.807) is 0 Å². The molecule has 0 aromatic rings. The molecule has 0 aliphatic heterocycles. The first kappa shape index (κ1) is 21.2. The fraction of sp³-hybridized carbons (Fsp3) is 0.867. The van der Waals surface area contributed by atoms with Gasteiger partial charge in [0.2, 0.25) is 0 Å². The lowest BCUT2D eigenvalue weighted by Gasteiger charge is -2.03. The van der Waals surface area contributed by atoms with Crippen molar-refractivity contribution >= 4 is 22.0 Å². The maximum absolute atomic E-state index is 11.6. The molecule has 0 bridgehead atoms. The number of ketones is 2. The fourth-order valence-electron chi connectivity index (χ4n) is 1.94. The van der Waals surface area contributed by atoms with Gasteiger partial charge in [0.1, 0.15) is 0 Å². The van der Waals surface area contributed by atoms with Crippen molar-refractivity contribution in [2.24, 2.45) is 0 Å². The smallest absolute Gasteiger partial charge is 0.291 e. The van der Waals surface area contributed by atoms with Gasteiger partial charge >= 0.3 is 10.4 Å². The van der Waals surface area contributed by atoms with Crippen molar-refractivity contribution in [3.8, 4) is 0 Å². The molecule has 0 spiro atoms.